The van der Waals surface area contributed by atoms with Crippen LogP contribution in [0, 0.1) is 0 Å². The van der Waals surface area contributed by atoms with Gasteiger partial charge in [0.15, 0.2) is 80.9 Å². The summed E-state index contributed by atoms with van der Waals surface area (Å²) >= 11 is 0. The minimum Gasteiger partial charge on any atom is -0.449 e. The Kier molecular flexibility index (Phi) is 14.8. The molecule has 10 heteroatoms. The molecule has 0 saturated carbocycles. The van der Waals surface area contributed by atoms with Gasteiger partial charge < -0.3 is 18.9 Å². The molecule has 1 unspecified atom stereocenters. The first kappa shape index (κ1) is 64.2. The van der Waals surface area contributed by atoms with Gasteiger partial charge in [0.2, 0.25) is 0 Å². The van der Waals surface area contributed by atoms with Crippen LogP contribution < -0.4 is 18.9 Å². The van der Waals surface area contributed by atoms with Gasteiger partial charge in [-0.1, -0.05) is 322 Å². The van der Waals surface area contributed by atoms with Gasteiger partial charge in [-0.25, -0.2) is 29.9 Å². The third kappa shape index (κ3) is 10.1. The van der Waals surface area contributed by atoms with Gasteiger partial charge in [-0.15, -0.1) is 0 Å². The summed E-state index contributed by atoms with van der Waals surface area (Å²) in [5, 5.41) is 2.23. The second-order valence-electron chi connectivity index (χ2n) is 28.6. The lowest BCUT2D eigenvalue weighted by molar-refractivity contribution is 0.361. The van der Waals surface area contributed by atoms with Gasteiger partial charge in [0.1, 0.15) is 0 Å². The van der Waals surface area contributed by atoms with Crippen molar-refractivity contribution in [2.45, 2.75) is 10.8 Å². The highest BCUT2D eigenvalue weighted by atomic mass is 16.6. The van der Waals surface area contributed by atoms with Crippen molar-refractivity contribution in [1.82, 2.24) is 29.9 Å². The fourth-order valence-electron chi connectivity index (χ4n) is 17.6. The molecule has 4 heterocycles. The van der Waals surface area contributed by atoms with Crippen LogP contribution >= 0.6 is 0 Å². The van der Waals surface area contributed by atoms with Gasteiger partial charge >= 0.3 is 0 Å². The summed E-state index contributed by atoms with van der Waals surface area (Å²) in [7, 11) is 0. The predicted octanol–water partition coefficient (Wildman–Crippen LogP) is 25.1. The minimum absolute atomic E-state index is 0.439. The molecule has 2 aliphatic carbocycles. The zero-order chi connectivity index (χ0) is 73.9. The highest BCUT2D eigenvalue weighted by Gasteiger charge is 2.51. The number of nitrogens with zero attached hydrogens (tertiary/aromatic N) is 6. The molecule has 1 atom stereocenters. The van der Waals surface area contributed by atoms with Crippen molar-refractivity contribution < 1.29 is 18.9 Å². The molecule has 0 amide bonds. The quantitative estimate of drug-likeness (QED) is 0.117. The van der Waals surface area contributed by atoms with Crippen molar-refractivity contribution >= 4 is 10.8 Å². The largest absolute Gasteiger partial charge is 0.449 e. The number of benzene rings is 16. The maximum absolute atomic E-state index is 7.29. The van der Waals surface area contributed by atoms with E-state index in [4.69, 9.17) is 48.9 Å². The smallest absolute Gasteiger partial charge is 0.181 e. The molecule has 18 aromatic rings. The first-order valence-corrected chi connectivity index (χ1v) is 37.6. The summed E-state index contributed by atoms with van der Waals surface area (Å²) in [6.45, 7) is 0. The van der Waals surface area contributed by atoms with E-state index in [0.717, 1.165) is 105 Å². The summed E-state index contributed by atoms with van der Waals surface area (Å²) < 4.78 is 28.9. The van der Waals surface area contributed by atoms with E-state index < -0.39 is 10.8 Å². The van der Waals surface area contributed by atoms with Crippen LogP contribution in [0.3, 0.4) is 0 Å². The number of ether oxygens (including phenoxy) is 4. The SMILES string of the molecule is c1ccc(-c2nc(-c3ccc4ccccc4c3)nc(-c3cccc4c3Oc3ccc5c(c3O4)-c3ccccc3C5(c3ccccc3)c3cccc(-c4cccc(-c5ccccc5-c5nc(-c6ccccc6)nc(-c6cccc7c6Oc6ccc8c(c6O7)-c6ccccc6C8(c6ccccc6)c6ccccc6)n5)c4)c3)n2)cc1. The Hall–Kier alpha value is -15.0. The molecule has 0 N–H and O–H groups in total. The van der Waals surface area contributed by atoms with E-state index in [0.29, 0.717) is 92.1 Å². The average molecular weight is 1440 g/mol. The maximum atomic E-state index is 7.29. The van der Waals surface area contributed by atoms with E-state index in [2.05, 4.69) is 261 Å². The van der Waals surface area contributed by atoms with Crippen molar-refractivity contribution in [1.29, 1.82) is 0 Å². The van der Waals surface area contributed by atoms with E-state index in [-0.39, 0.29) is 0 Å². The number of para-hydroxylation sites is 2. The monoisotopic (exact) mass is 1430 g/mol. The van der Waals surface area contributed by atoms with Crippen molar-refractivity contribution in [3.05, 3.63) is 421 Å². The normalized spacial score (nSPS) is 14.1. The standard InChI is InChI=1S/C102H62N6O4/c1-6-29-64(30-7-1)95-103-97(70-55-54-63-28-16-17-33-66(63)61-70)107-99(105-95)79-48-26-52-85-91(79)109-88-59-57-84-90(94(88)112-85)78-47-21-23-51-82(78)102(84,73-41-14-5-15-42-73)74-43-25-35-68(62-74)67-34-24-36-69(60-67)75-44-18-19-45-76(75)98-104-96(65-31-8-2-9-32-65)106-100(108-98)80-49-27-53-86-92(80)110-87-58-56-83-89(93(87)111-86)77-46-20-22-50-81(77)101(83,71-37-10-3-11-38-71)72-39-12-4-13-40-72/h1-62H. The summed E-state index contributed by atoms with van der Waals surface area (Å²) in [5.41, 5.74) is 20.5. The van der Waals surface area contributed by atoms with Crippen LogP contribution in [0.5, 0.6) is 46.0 Å². The predicted molar refractivity (Wildman–Crippen MR) is 442 cm³/mol. The summed E-state index contributed by atoms with van der Waals surface area (Å²) in [6, 6.07) is 131. The van der Waals surface area contributed by atoms with Gasteiger partial charge in [-0.05, 0) is 143 Å². The lowest BCUT2D eigenvalue weighted by Gasteiger charge is -2.34. The molecule has 16 aromatic carbocycles. The molecule has 0 spiro atoms. The van der Waals surface area contributed by atoms with Gasteiger partial charge in [0.05, 0.1) is 22.0 Å². The first-order chi connectivity index (χ1) is 55.5. The maximum Gasteiger partial charge on any atom is 0.181 e. The van der Waals surface area contributed by atoms with Gasteiger partial charge in [0.25, 0.3) is 0 Å². The molecule has 4 aliphatic rings. The molecule has 2 aromatic heterocycles. The Labute approximate surface area is 646 Å². The molecule has 2 aliphatic heterocycles. The molecular weight excluding hydrogens is 1370 g/mol. The Morgan fingerprint density at radius 2 is 0.527 bits per heavy atom. The molecule has 0 bridgehead atoms. The Morgan fingerprint density at radius 1 is 0.179 bits per heavy atom. The van der Waals surface area contributed by atoms with Crippen LogP contribution in [0.25, 0.3) is 124 Å². The molecule has 10 nitrogen and oxygen atoms in total. The van der Waals surface area contributed by atoms with Crippen LogP contribution in [0.4, 0.5) is 0 Å². The number of hydrogen-bond acceptors (Lipinski definition) is 10. The summed E-state index contributed by atoms with van der Waals surface area (Å²) in [4.78, 5) is 31.5. The van der Waals surface area contributed by atoms with E-state index in [1.807, 2.05) is 115 Å². The number of aromatic nitrogens is 6. The number of fused-ring (bicyclic) bond motifs is 13. The molecule has 524 valence electrons. The molecule has 0 radical (unpaired) electrons. The van der Waals surface area contributed by atoms with Crippen LogP contribution in [0.15, 0.2) is 376 Å². The van der Waals surface area contributed by atoms with E-state index >= 15 is 0 Å². The summed E-state index contributed by atoms with van der Waals surface area (Å²) in [5.74, 6) is 7.64. The highest BCUT2D eigenvalue weighted by molar-refractivity contribution is 5.96. The Balaban J connectivity index is 0.624. The third-order valence-electron chi connectivity index (χ3n) is 22.5. The second kappa shape index (κ2) is 25.9. The van der Waals surface area contributed by atoms with E-state index in [1.54, 1.807) is 0 Å². The average Bonchev–Trinajstić information content (AvgIpc) is 1.53. The first-order valence-electron chi connectivity index (χ1n) is 37.6. The molecule has 0 fully saturated rings. The Bertz CT molecular complexity index is 6800. The highest BCUT2D eigenvalue weighted by Crippen LogP contribution is 2.65. The van der Waals surface area contributed by atoms with Crippen molar-refractivity contribution in [2.75, 3.05) is 0 Å². The third-order valence-corrected chi connectivity index (χ3v) is 22.5. The van der Waals surface area contributed by atoms with Crippen molar-refractivity contribution in [3.63, 3.8) is 0 Å². The number of hydrogen-bond donors (Lipinski definition) is 0. The van der Waals surface area contributed by atoms with Crippen LogP contribution in [-0.4, -0.2) is 29.9 Å². The van der Waals surface area contributed by atoms with Crippen LogP contribution in [-0.2, 0) is 10.8 Å². The fourth-order valence-corrected chi connectivity index (χ4v) is 17.6. The van der Waals surface area contributed by atoms with Crippen molar-refractivity contribution in [3.8, 4) is 159 Å². The zero-order valence-corrected chi connectivity index (χ0v) is 60.1. The second-order valence-corrected chi connectivity index (χ2v) is 28.6. The topological polar surface area (TPSA) is 114 Å². The molecular formula is C102H62N6O4. The van der Waals surface area contributed by atoms with Gasteiger partial charge in [-0.2, -0.15) is 0 Å². The lowest BCUT2D eigenvalue weighted by atomic mass is 9.67. The fraction of sp³-hybridized carbons (Fsp3) is 0.0196. The van der Waals surface area contributed by atoms with Crippen LogP contribution in [0.1, 0.15) is 44.5 Å². The molecule has 22 rings (SSSR count). The van der Waals surface area contributed by atoms with Crippen LogP contribution in [0.2, 0.25) is 0 Å². The number of rotatable bonds is 12. The van der Waals surface area contributed by atoms with Gasteiger partial charge in [-0.3, -0.25) is 0 Å². The van der Waals surface area contributed by atoms with E-state index in [9.17, 15) is 0 Å². The van der Waals surface area contributed by atoms with Gasteiger partial charge in [0, 0.05) is 33.4 Å². The summed E-state index contributed by atoms with van der Waals surface area (Å²) in [6.07, 6.45) is 0. The zero-order valence-electron chi connectivity index (χ0n) is 60.1. The lowest BCUT2D eigenvalue weighted by Crippen LogP contribution is -2.28. The minimum atomic E-state index is -0.804. The Morgan fingerprint density at radius 3 is 1.06 bits per heavy atom. The molecule has 112 heavy (non-hydrogen) atoms. The molecule has 0 saturated heterocycles. The van der Waals surface area contributed by atoms with E-state index in [1.165, 1.54) is 16.7 Å². The van der Waals surface area contributed by atoms with Crippen molar-refractivity contribution in [2.24, 2.45) is 0 Å².